The predicted molar refractivity (Wildman–Crippen MR) is 78.6 cm³/mol. The van der Waals surface area contributed by atoms with Gasteiger partial charge in [-0.25, -0.2) is 0 Å². The molecule has 1 aromatic rings. The Balaban J connectivity index is 2.25. The summed E-state index contributed by atoms with van der Waals surface area (Å²) in [7, 11) is 4.89. The van der Waals surface area contributed by atoms with Gasteiger partial charge in [-0.2, -0.15) is 0 Å². The van der Waals surface area contributed by atoms with Gasteiger partial charge in [0.05, 0.1) is 21.3 Å². The van der Waals surface area contributed by atoms with E-state index in [0.29, 0.717) is 18.0 Å². The highest BCUT2D eigenvalue weighted by Crippen LogP contribution is 2.37. The zero-order valence-corrected chi connectivity index (χ0v) is 12.4. The number of hydrogen-bond donors (Lipinski definition) is 2. The van der Waals surface area contributed by atoms with E-state index in [2.05, 4.69) is 5.32 Å². The molecular weight excluding hydrogens is 256 g/mol. The summed E-state index contributed by atoms with van der Waals surface area (Å²) in [5.41, 5.74) is 6.91. The number of nitrogens with one attached hydrogen (secondary N) is 1. The maximum atomic E-state index is 5.91. The quantitative estimate of drug-likeness (QED) is 0.759. The van der Waals surface area contributed by atoms with Gasteiger partial charge in [0.1, 0.15) is 5.75 Å². The lowest BCUT2D eigenvalue weighted by Gasteiger charge is -2.21. The second-order valence-electron chi connectivity index (χ2n) is 5.09. The number of methoxy groups -OCH3 is 3. The van der Waals surface area contributed by atoms with Crippen molar-refractivity contribution in [2.45, 2.75) is 18.9 Å². The number of nitrogens with two attached hydrogens (primary N) is 1. The van der Waals surface area contributed by atoms with E-state index in [0.717, 1.165) is 23.8 Å². The number of rotatable bonds is 8. The van der Waals surface area contributed by atoms with Gasteiger partial charge in [-0.05, 0) is 31.4 Å². The zero-order valence-electron chi connectivity index (χ0n) is 12.4. The molecule has 3 N–H and O–H groups in total. The third kappa shape index (κ3) is 3.35. The molecule has 5 nitrogen and oxygen atoms in total. The van der Waals surface area contributed by atoms with Crippen molar-refractivity contribution in [2.24, 2.45) is 11.7 Å². The van der Waals surface area contributed by atoms with Gasteiger partial charge in [0, 0.05) is 24.2 Å². The Bertz CT molecular complexity index is 447. The van der Waals surface area contributed by atoms with Crippen molar-refractivity contribution in [2.75, 3.05) is 34.4 Å². The van der Waals surface area contributed by atoms with Gasteiger partial charge >= 0.3 is 0 Å². The molecule has 0 spiro atoms. The molecule has 1 unspecified atom stereocenters. The molecule has 1 aliphatic rings. The fraction of sp³-hybridized carbons (Fsp3) is 0.600. The van der Waals surface area contributed by atoms with Gasteiger partial charge in [-0.1, -0.05) is 0 Å². The Hall–Kier alpha value is -1.46. The summed E-state index contributed by atoms with van der Waals surface area (Å²) in [6.07, 6.45) is 2.63. The fourth-order valence-electron chi connectivity index (χ4n) is 2.28. The number of benzene rings is 1. The van der Waals surface area contributed by atoms with Gasteiger partial charge in [-0.3, -0.25) is 0 Å². The summed E-state index contributed by atoms with van der Waals surface area (Å²) >= 11 is 0. The minimum Gasteiger partial charge on any atom is -0.496 e. The third-order valence-corrected chi connectivity index (χ3v) is 3.70. The van der Waals surface area contributed by atoms with E-state index in [1.165, 1.54) is 12.8 Å². The summed E-state index contributed by atoms with van der Waals surface area (Å²) in [5, 5.41) is 3.51. The van der Waals surface area contributed by atoms with Crippen molar-refractivity contribution in [3.63, 3.8) is 0 Å². The van der Waals surface area contributed by atoms with Crippen molar-refractivity contribution < 1.29 is 14.2 Å². The van der Waals surface area contributed by atoms with Crippen LogP contribution in [0, 0.1) is 5.92 Å². The Morgan fingerprint density at radius 1 is 1.10 bits per heavy atom. The summed E-state index contributed by atoms with van der Waals surface area (Å²) < 4.78 is 16.1. The van der Waals surface area contributed by atoms with Crippen LogP contribution in [0.5, 0.6) is 17.2 Å². The first kappa shape index (κ1) is 14.9. The van der Waals surface area contributed by atoms with E-state index in [1.807, 2.05) is 12.1 Å². The summed E-state index contributed by atoms with van der Waals surface area (Å²) in [4.78, 5) is 0. The summed E-state index contributed by atoms with van der Waals surface area (Å²) in [5.74, 6) is 2.91. The van der Waals surface area contributed by atoms with Crippen LogP contribution < -0.4 is 25.3 Å². The lowest BCUT2D eigenvalue weighted by Crippen LogP contribution is -2.30. The van der Waals surface area contributed by atoms with Gasteiger partial charge in [0.25, 0.3) is 0 Å². The van der Waals surface area contributed by atoms with Crippen LogP contribution in [0.1, 0.15) is 24.4 Å². The first-order valence-corrected chi connectivity index (χ1v) is 6.96. The maximum Gasteiger partial charge on any atom is 0.164 e. The normalized spacial score (nSPS) is 15.8. The highest BCUT2D eigenvalue weighted by molar-refractivity contribution is 5.52. The topological polar surface area (TPSA) is 65.7 Å². The Morgan fingerprint density at radius 2 is 1.70 bits per heavy atom. The molecule has 1 aliphatic carbocycles. The highest BCUT2D eigenvalue weighted by atomic mass is 16.5. The molecule has 20 heavy (non-hydrogen) atoms. The molecule has 0 heterocycles. The SMILES string of the molecule is COc1cc(OC)c(C(CN)NCC2CC2)cc1OC. The predicted octanol–water partition coefficient (Wildman–Crippen LogP) is 1.71. The van der Waals surface area contributed by atoms with E-state index < -0.39 is 0 Å². The molecule has 1 fully saturated rings. The van der Waals surface area contributed by atoms with Gasteiger partial charge in [0.2, 0.25) is 0 Å². The largest absolute Gasteiger partial charge is 0.496 e. The minimum absolute atomic E-state index is 0.0605. The molecular formula is C15H24N2O3. The second-order valence-corrected chi connectivity index (χ2v) is 5.09. The van der Waals surface area contributed by atoms with Crippen molar-refractivity contribution >= 4 is 0 Å². The van der Waals surface area contributed by atoms with Crippen LogP contribution in [-0.4, -0.2) is 34.4 Å². The van der Waals surface area contributed by atoms with E-state index in [1.54, 1.807) is 21.3 Å². The molecule has 0 aromatic heterocycles. The average molecular weight is 280 g/mol. The molecule has 1 atom stereocenters. The van der Waals surface area contributed by atoms with Crippen LogP contribution >= 0.6 is 0 Å². The van der Waals surface area contributed by atoms with Crippen LogP contribution in [0.3, 0.4) is 0 Å². The third-order valence-electron chi connectivity index (χ3n) is 3.70. The van der Waals surface area contributed by atoms with Gasteiger partial charge in [-0.15, -0.1) is 0 Å². The van der Waals surface area contributed by atoms with Crippen LogP contribution in [0.4, 0.5) is 0 Å². The summed E-state index contributed by atoms with van der Waals surface area (Å²) in [6, 6.07) is 3.84. The van der Waals surface area contributed by atoms with E-state index in [4.69, 9.17) is 19.9 Å². The number of hydrogen-bond acceptors (Lipinski definition) is 5. The van der Waals surface area contributed by atoms with Crippen LogP contribution in [0.25, 0.3) is 0 Å². The molecule has 0 aliphatic heterocycles. The van der Waals surface area contributed by atoms with Crippen LogP contribution in [0.15, 0.2) is 12.1 Å². The smallest absolute Gasteiger partial charge is 0.164 e. The molecule has 5 heteroatoms. The van der Waals surface area contributed by atoms with E-state index in [-0.39, 0.29) is 6.04 Å². The molecule has 0 radical (unpaired) electrons. The molecule has 112 valence electrons. The first-order valence-electron chi connectivity index (χ1n) is 6.96. The second kappa shape index (κ2) is 6.81. The van der Waals surface area contributed by atoms with E-state index >= 15 is 0 Å². The lowest BCUT2D eigenvalue weighted by molar-refractivity contribution is 0.345. The van der Waals surface area contributed by atoms with Crippen LogP contribution in [-0.2, 0) is 0 Å². The minimum atomic E-state index is 0.0605. The Labute approximate surface area is 120 Å². The monoisotopic (exact) mass is 280 g/mol. The molecule has 1 aromatic carbocycles. The first-order chi connectivity index (χ1) is 9.73. The molecule has 0 amide bonds. The molecule has 0 saturated heterocycles. The Kier molecular flexibility index (Phi) is 5.09. The average Bonchev–Trinajstić information content (AvgIpc) is 3.31. The molecule has 2 rings (SSSR count). The molecule has 1 saturated carbocycles. The highest BCUT2D eigenvalue weighted by Gasteiger charge is 2.24. The van der Waals surface area contributed by atoms with Crippen molar-refractivity contribution in [1.82, 2.24) is 5.32 Å². The number of ether oxygens (including phenoxy) is 3. The Morgan fingerprint density at radius 3 is 2.20 bits per heavy atom. The van der Waals surface area contributed by atoms with E-state index in [9.17, 15) is 0 Å². The standard InChI is InChI=1S/C15H24N2O3/c1-18-13-7-15(20-3)14(19-2)6-11(13)12(8-16)17-9-10-4-5-10/h6-7,10,12,17H,4-5,8-9,16H2,1-3H3. The molecule has 0 bridgehead atoms. The van der Waals surface area contributed by atoms with Crippen molar-refractivity contribution in [1.29, 1.82) is 0 Å². The fourth-order valence-corrected chi connectivity index (χ4v) is 2.28. The van der Waals surface area contributed by atoms with Gasteiger partial charge in [0.15, 0.2) is 11.5 Å². The van der Waals surface area contributed by atoms with Crippen LogP contribution in [0.2, 0.25) is 0 Å². The van der Waals surface area contributed by atoms with Crippen molar-refractivity contribution in [3.05, 3.63) is 17.7 Å². The van der Waals surface area contributed by atoms with Gasteiger partial charge < -0.3 is 25.3 Å². The summed E-state index contributed by atoms with van der Waals surface area (Å²) in [6.45, 7) is 1.51. The zero-order chi connectivity index (χ0) is 14.5. The van der Waals surface area contributed by atoms with Crippen molar-refractivity contribution in [3.8, 4) is 17.2 Å². The maximum absolute atomic E-state index is 5.91. The lowest BCUT2D eigenvalue weighted by atomic mass is 10.0.